The molecule has 0 aliphatic heterocycles. The maximum Gasteiger partial charge on any atom is 0.237 e. The van der Waals surface area contributed by atoms with Crippen molar-refractivity contribution in [1.29, 1.82) is 0 Å². The second-order valence-corrected chi connectivity index (χ2v) is 5.87. The Bertz CT molecular complexity index is 406. The summed E-state index contributed by atoms with van der Waals surface area (Å²) in [6.45, 7) is 6.13. The van der Waals surface area contributed by atoms with E-state index in [1.165, 1.54) is 0 Å². The van der Waals surface area contributed by atoms with Crippen LogP contribution in [0.2, 0.25) is 0 Å². The Kier molecular flexibility index (Phi) is 8.01. The molecule has 0 radical (unpaired) electrons. The van der Waals surface area contributed by atoms with Crippen LogP contribution < -0.4 is 11.1 Å². The first kappa shape index (κ1) is 17.7. The van der Waals surface area contributed by atoms with Crippen LogP contribution in [0.3, 0.4) is 0 Å². The quantitative estimate of drug-likeness (QED) is 0.682. The second-order valence-electron chi connectivity index (χ2n) is 5.87. The van der Waals surface area contributed by atoms with Crippen LogP contribution in [0.1, 0.15) is 32.3 Å². The van der Waals surface area contributed by atoms with E-state index in [0.717, 1.165) is 24.9 Å². The van der Waals surface area contributed by atoms with E-state index in [1.54, 1.807) is 0 Å². The zero-order valence-electron chi connectivity index (χ0n) is 13.5. The summed E-state index contributed by atoms with van der Waals surface area (Å²) in [5, 5.41) is 2.92. The van der Waals surface area contributed by atoms with E-state index in [-0.39, 0.29) is 5.91 Å². The van der Waals surface area contributed by atoms with Crippen LogP contribution in [0.15, 0.2) is 30.3 Å². The minimum Gasteiger partial charge on any atom is -0.355 e. The molecule has 0 bridgehead atoms. The van der Waals surface area contributed by atoms with Crippen molar-refractivity contribution in [2.75, 3.05) is 20.1 Å². The van der Waals surface area contributed by atoms with Crippen LogP contribution in [0, 0.1) is 0 Å². The van der Waals surface area contributed by atoms with E-state index >= 15 is 0 Å². The van der Waals surface area contributed by atoms with Crippen molar-refractivity contribution >= 4 is 5.91 Å². The summed E-state index contributed by atoms with van der Waals surface area (Å²) >= 11 is 0. The van der Waals surface area contributed by atoms with Crippen LogP contribution in [0.5, 0.6) is 0 Å². The minimum absolute atomic E-state index is 0.0592. The van der Waals surface area contributed by atoms with Gasteiger partial charge in [-0.15, -0.1) is 0 Å². The molecule has 0 aliphatic rings. The molecule has 1 atom stereocenters. The monoisotopic (exact) mass is 291 g/mol. The molecular weight excluding hydrogens is 262 g/mol. The maximum atomic E-state index is 11.9. The summed E-state index contributed by atoms with van der Waals surface area (Å²) in [4.78, 5) is 14.2. The predicted molar refractivity (Wildman–Crippen MR) is 88.1 cm³/mol. The number of amides is 1. The fourth-order valence-corrected chi connectivity index (χ4v) is 2.05. The van der Waals surface area contributed by atoms with Crippen molar-refractivity contribution in [3.05, 3.63) is 35.9 Å². The van der Waals surface area contributed by atoms with Gasteiger partial charge in [-0.05, 0) is 52.3 Å². The van der Waals surface area contributed by atoms with Gasteiger partial charge in [-0.2, -0.15) is 0 Å². The third-order valence-electron chi connectivity index (χ3n) is 3.75. The molecule has 3 N–H and O–H groups in total. The van der Waals surface area contributed by atoms with E-state index < -0.39 is 6.04 Å². The highest BCUT2D eigenvalue weighted by Crippen LogP contribution is 2.02. The number of nitrogens with one attached hydrogen (secondary N) is 1. The van der Waals surface area contributed by atoms with Gasteiger partial charge in [-0.1, -0.05) is 30.3 Å². The van der Waals surface area contributed by atoms with Gasteiger partial charge >= 0.3 is 0 Å². The van der Waals surface area contributed by atoms with Gasteiger partial charge in [0.2, 0.25) is 5.91 Å². The zero-order chi connectivity index (χ0) is 15.7. The minimum atomic E-state index is -0.467. The number of benzene rings is 1. The summed E-state index contributed by atoms with van der Waals surface area (Å²) in [5.74, 6) is -0.0592. The van der Waals surface area contributed by atoms with Gasteiger partial charge in [0.05, 0.1) is 6.04 Å². The summed E-state index contributed by atoms with van der Waals surface area (Å²) in [7, 11) is 2.12. The Morgan fingerprint density at radius 1 is 1.24 bits per heavy atom. The van der Waals surface area contributed by atoms with Crippen molar-refractivity contribution in [3.63, 3.8) is 0 Å². The van der Waals surface area contributed by atoms with E-state index in [0.29, 0.717) is 19.0 Å². The van der Waals surface area contributed by atoms with E-state index in [9.17, 15) is 4.79 Å². The normalized spacial score (nSPS) is 12.7. The third-order valence-corrected chi connectivity index (χ3v) is 3.75. The van der Waals surface area contributed by atoms with Gasteiger partial charge in [-0.3, -0.25) is 4.79 Å². The van der Waals surface area contributed by atoms with Crippen molar-refractivity contribution in [3.8, 4) is 0 Å². The molecule has 21 heavy (non-hydrogen) atoms. The lowest BCUT2D eigenvalue weighted by atomic mass is 10.1. The van der Waals surface area contributed by atoms with E-state index in [4.69, 9.17) is 5.73 Å². The molecule has 0 saturated carbocycles. The average molecular weight is 291 g/mol. The smallest absolute Gasteiger partial charge is 0.237 e. The Balaban J connectivity index is 2.16. The van der Waals surface area contributed by atoms with Crippen molar-refractivity contribution in [1.82, 2.24) is 10.2 Å². The van der Waals surface area contributed by atoms with Crippen molar-refractivity contribution in [2.24, 2.45) is 5.73 Å². The summed E-state index contributed by atoms with van der Waals surface area (Å²) < 4.78 is 0. The Hall–Kier alpha value is -1.39. The molecule has 118 valence electrons. The molecular formula is C17H29N3O. The van der Waals surface area contributed by atoms with Gasteiger partial charge in [0.25, 0.3) is 0 Å². The average Bonchev–Trinajstić information content (AvgIpc) is 2.47. The highest BCUT2D eigenvalue weighted by Gasteiger charge is 2.13. The SMILES string of the molecule is CC(C)N(C)CCCCNC(=O)[C@@H](N)Cc1ccccc1. The number of nitrogens with two attached hydrogens (primary N) is 1. The number of carbonyl (C=O) groups excluding carboxylic acids is 1. The molecule has 0 fully saturated rings. The number of unbranched alkanes of at least 4 members (excludes halogenated alkanes) is 1. The lowest BCUT2D eigenvalue weighted by molar-refractivity contribution is -0.122. The molecule has 0 saturated heterocycles. The largest absolute Gasteiger partial charge is 0.355 e. The topological polar surface area (TPSA) is 58.4 Å². The first-order chi connectivity index (χ1) is 10.0. The molecule has 1 rings (SSSR count). The van der Waals surface area contributed by atoms with Gasteiger partial charge in [0.1, 0.15) is 0 Å². The van der Waals surface area contributed by atoms with Gasteiger partial charge < -0.3 is 16.0 Å². The Morgan fingerprint density at radius 2 is 1.90 bits per heavy atom. The summed E-state index contributed by atoms with van der Waals surface area (Å²) in [6, 6.07) is 9.98. The van der Waals surface area contributed by atoms with E-state index in [2.05, 4.69) is 31.1 Å². The molecule has 1 aromatic carbocycles. The summed E-state index contributed by atoms with van der Waals surface area (Å²) in [5.41, 5.74) is 7.03. The predicted octanol–water partition coefficient (Wildman–Crippen LogP) is 1.79. The van der Waals surface area contributed by atoms with Gasteiger partial charge in [0, 0.05) is 12.6 Å². The molecule has 0 heterocycles. The molecule has 0 aromatic heterocycles. The lowest BCUT2D eigenvalue weighted by Gasteiger charge is -2.20. The number of hydrogen-bond donors (Lipinski definition) is 2. The van der Waals surface area contributed by atoms with Crippen molar-refractivity contribution in [2.45, 2.75) is 45.2 Å². The lowest BCUT2D eigenvalue weighted by Crippen LogP contribution is -2.42. The fraction of sp³-hybridized carbons (Fsp3) is 0.588. The molecule has 1 amide bonds. The number of carbonyl (C=O) groups is 1. The zero-order valence-corrected chi connectivity index (χ0v) is 13.5. The first-order valence-corrected chi connectivity index (χ1v) is 7.78. The van der Waals surface area contributed by atoms with E-state index in [1.807, 2.05) is 30.3 Å². The highest BCUT2D eigenvalue weighted by atomic mass is 16.2. The standard InChI is InChI=1S/C17H29N3O/c1-14(2)20(3)12-8-7-11-19-17(21)16(18)13-15-9-5-4-6-10-15/h4-6,9-10,14,16H,7-8,11-13,18H2,1-3H3,(H,19,21)/t16-/m0/s1. The first-order valence-electron chi connectivity index (χ1n) is 7.78. The van der Waals surface area contributed by atoms with Gasteiger partial charge in [-0.25, -0.2) is 0 Å². The van der Waals surface area contributed by atoms with Gasteiger partial charge in [0.15, 0.2) is 0 Å². The van der Waals surface area contributed by atoms with Crippen LogP contribution in [-0.2, 0) is 11.2 Å². The van der Waals surface area contributed by atoms with Crippen LogP contribution >= 0.6 is 0 Å². The molecule has 1 aromatic rings. The number of nitrogens with zero attached hydrogens (tertiary/aromatic N) is 1. The van der Waals surface area contributed by atoms with Crippen LogP contribution in [-0.4, -0.2) is 43.0 Å². The molecule has 4 nitrogen and oxygen atoms in total. The highest BCUT2D eigenvalue weighted by molar-refractivity contribution is 5.81. The van der Waals surface area contributed by atoms with Crippen molar-refractivity contribution < 1.29 is 4.79 Å². The summed E-state index contributed by atoms with van der Waals surface area (Å²) in [6.07, 6.45) is 2.66. The Morgan fingerprint density at radius 3 is 2.52 bits per heavy atom. The number of hydrogen-bond acceptors (Lipinski definition) is 3. The number of rotatable bonds is 9. The molecule has 0 unspecified atom stereocenters. The molecule has 4 heteroatoms. The molecule has 0 spiro atoms. The van der Waals surface area contributed by atoms with Crippen LogP contribution in [0.25, 0.3) is 0 Å². The Labute approximate surface area is 128 Å². The second kappa shape index (κ2) is 9.53. The third kappa shape index (κ3) is 7.25. The maximum absolute atomic E-state index is 11.9. The fourth-order valence-electron chi connectivity index (χ4n) is 2.05. The molecule has 0 aliphatic carbocycles. The van der Waals surface area contributed by atoms with Crippen LogP contribution in [0.4, 0.5) is 0 Å².